The second-order valence-electron chi connectivity index (χ2n) is 1.78. The van der Waals surface area contributed by atoms with Crippen molar-refractivity contribution in [2.45, 2.75) is 4.90 Å². The summed E-state index contributed by atoms with van der Waals surface area (Å²) in [5.74, 6) is 0. The Morgan fingerprint density at radius 1 is 1.30 bits per heavy atom. The predicted octanol–water partition coefficient (Wildman–Crippen LogP) is 2.06. The highest BCUT2D eigenvalue weighted by Gasteiger charge is 1.90. The average Bonchev–Trinajstić information content (AvgIpc) is 2.05. The first-order chi connectivity index (χ1) is 4.86. The first-order valence-corrected chi connectivity index (χ1v) is 3.51. The number of rotatable bonds is 2. The summed E-state index contributed by atoms with van der Waals surface area (Å²) in [5, 5.41) is 0. The van der Waals surface area contributed by atoms with Gasteiger partial charge in [-0.15, -0.1) is 0 Å². The number of hydrogen-bond donors (Lipinski definition) is 1. The molecule has 1 N–H and O–H groups in total. The van der Waals surface area contributed by atoms with E-state index in [9.17, 15) is 4.79 Å². The minimum atomic E-state index is 0.623. The number of hydrogen-bond acceptors (Lipinski definition) is 3. The maximum absolute atomic E-state index is 10.1. The molecule has 0 saturated heterocycles. The van der Waals surface area contributed by atoms with Crippen molar-refractivity contribution in [1.82, 2.24) is 0 Å². The molecule has 1 aromatic rings. The Labute approximate surface area is 63.1 Å². The van der Waals surface area contributed by atoms with E-state index in [1.165, 1.54) is 0 Å². The van der Waals surface area contributed by atoms with Crippen LogP contribution in [0.4, 0.5) is 0 Å². The van der Waals surface area contributed by atoms with Crippen LogP contribution in [0, 0.1) is 0 Å². The highest BCUT2D eigenvalue weighted by atomic mass is 32.2. The third kappa shape index (κ3) is 1.59. The van der Waals surface area contributed by atoms with E-state index < -0.39 is 0 Å². The SMILES string of the molecule is O=Cc1ccc(SO)cc1. The second-order valence-corrected chi connectivity index (χ2v) is 2.43. The lowest BCUT2D eigenvalue weighted by atomic mass is 10.2. The van der Waals surface area contributed by atoms with Crippen LogP contribution in [0.5, 0.6) is 0 Å². The molecule has 0 aromatic heterocycles. The van der Waals surface area contributed by atoms with Crippen LogP contribution in [-0.4, -0.2) is 10.8 Å². The van der Waals surface area contributed by atoms with Crippen LogP contribution in [0.3, 0.4) is 0 Å². The van der Waals surface area contributed by atoms with Crippen molar-refractivity contribution in [3.05, 3.63) is 29.8 Å². The van der Waals surface area contributed by atoms with E-state index >= 15 is 0 Å². The molecule has 0 atom stereocenters. The van der Waals surface area contributed by atoms with Gasteiger partial charge in [0.05, 0.1) is 0 Å². The molecule has 0 aliphatic heterocycles. The van der Waals surface area contributed by atoms with Gasteiger partial charge in [0, 0.05) is 22.5 Å². The molecule has 3 heteroatoms. The molecule has 0 amide bonds. The minimum absolute atomic E-state index is 0.623. The van der Waals surface area contributed by atoms with E-state index in [4.69, 9.17) is 4.55 Å². The Bertz CT molecular complexity index is 218. The summed E-state index contributed by atoms with van der Waals surface area (Å²) in [6, 6.07) is 6.69. The predicted molar refractivity (Wildman–Crippen MR) is 40.3 cm³/mol. The van der Waals surface area contributed by atoms with Crippen LogP contribution in [0.2, 0.25) is 0 Å². The van der Waals surface area contributed by atoms with Gasteiger partial charge in [-0.25, -0.2) is 0 Å². The van der Waals surface area contributed by atoms with Gasteiger partial charge in [-0.1, -0.05) is 12.1 Å². The molecule has 0 heterocycles. The molecule has 0 unspecified atom stereocenters. The van der Waals surface area contributed by atoms with Gasteiger partial charge in [-0.2, -0.15) is 0 Å². The molecule has 0 saturated carbocycles. The third-order valence-corrected chi connectivity index (χ3v) is 1.60. The van der Waals surface area contributed by atoms with E-state index in [-0.39, 0.29) is 0 Å². The number of carbonyl (C=O) groups excluding carboxylic acids is 1. The van der Waals surface area contributed by atoms with Crippen LogP contribution < -0.4 is 0 Å². The van der Waals surface area contributed by atoms with E-state index in [0.717, 1.165) is 11.2 Å². The topological polar surface area (TPSA) is 37.3 Å². The molecule has 0 fully saturated rings. The molecule has 52 valence electrons. The second kappa shape index (κ2) is 3.39. The van der Waals surface area contributed by atoms with Gasteiger partial charge < -0.3 is 4.55 Å². The maximum atomic E-state index is 10.1. The summed E-state index contributed by atoms with van der Waals surface area (Å²) < 4.78 is 8.53. The van der Waals surface area contributed by atoms with Crippen LogP contribution in [0.25, 0.3) is 0 Å². The smallest absolute Gasteiger partial charge is 0.150 e. The van der Waals surface area contributed by atoms with Crippen LogP contribution in [0.1, 0.15) is 10.4 Å². The monoisotopic (exact) mass is 154 g/mol. The standard InChI is InChI=1S/C7H6O2S/c8-5-6-1-3-7(10-9)4-2-6/h1-5,9H. The van der Waals surface area contributed by atoms with E-state index in [0.29, 0.717) is 17.6 Å². The van der Waals surface area contributed by atoms with Crippen molar-refractivity contribution >= 4 is 18.3 Å². The molecule has 0 radical (unpaired) electrons. The fourth-order valence-electron chi connectivity index (χ4n) is 0.607. The fourth-order valence-corrected chi connectivity index (χ4v) is 0.865. The van der Waals surface area contributed by atoms with Gasteiger partial charge in [-0.05, 0) is 12.1 Å². The van der Waals surface area contributed by atoms with Gasteiger partial charge >= 0.3 is 0 Å². The summed E-state index contributed by atoms with van der Waals surface area (Å²) in [6.45, 7) is 0. The lowest BCUT2D eigenvalue weighted by Gasteiger charge is -1.92. The number of benzene rings is 1. The molecule has 0 aliphatic carbocycles. The Balaban J connectivity index is 2.90. The van der Waals surface area contributed by atoms with Crippen molar-refractivity contribution in [3.8, 4) is 0 Å². The van der Waals surface area contributed by atoms with E-state index in [2.05, 4.69) is 0 Å². The Hall–Kier alpha value is -0.800. The Kier molecular flexibility index (Phi) is 2.48. The lowest BCUT2D eigenvalue weighted by molar-refractivity contribution is 0.112. The van der Waals surface area contributed by atoms with E-state index in [1.54, 1.807) is 24.3 Å². The molecule has 0 spiro atoms. The minimum Gasteiger partial charge on any atom is -0.325 e. The van der Waals surface area contributed by atoms with Crippen molar-refractivity contribution in [2.24, 2.45) is 0 Å². The number of aldehydes is 1. The molecule has 1 rings (SSSR count). The summed E-state index contributed by atoms with van der Waals surface area (Å²) >= 11 is 0.672. The first-order valence-electron chi connectivity index (χ1n) is 2.73. The van der Waals surface area contributed by atoms with Crippen molar-refractivity contribution < 1.29 is 9.35 Å². The molecule has 0 aliphatic rings. The highest BCUT2D eigenvalue weighted by Crippen LogP contribution is 2.13. The molecule has 10 heavy (non-hydrogen) atoms. The summed E-state index contributed by atoms with van der Waals surface area (Å²) in [4.78, 5) is 10.9. The molecular weight excluding hydrogens is 148 g/mol. The van der Waals surface area contributed by atoms with Crippen molar-refractivity contribution in [3.63, 3.8) is 0 Å². The highest BCUT2D eigenvalue weighted by molar-refractivity contribution is 7.93. The Morgan fingerprint density at radius 3 is 2.30 bits per heavy atom. The van der Waals surface area contributed by atoms with Crippen molar-refractivity contribution in [1.29, 1.82) is 0 Å². The molecular formula is C7H6O2S. The molecule has 1 aromatic carbocycles. The first kappa shape index (κ1) is 7.31. The van der Waals surface area contributed by atoms with Gasteiger partial charge in [-0.3, -0.25) is 4.79 Å². The van der Waals surface area contributed by atoms with Crippen LogP contribution >= 0.6 is 12.0 Å². The molecule has 2 nitrogen and oxygen atoms in total. The zero-order valence-electron chi connectivity index (χ0n) is 5.15. The normalized spacial score (nSPS) is 9.30. The van der Waals surface area contributed by atoms with Gasteiger partial charge in [0.15, 0.2) is 0 Å². The summed E-state index contributed by atoms with van der Waals surface area (Å²) in [5.41, 5.74) is 0.623. The van der Waals surface area contributed by atoms with E-state index in [1.807, 2.05) is 0 Å². The zero-order valence-corrected chi connectivity index (χ0v) is 5.97. The van der Waals surface area contributed by atoms with Gasteiger partial charge in [0.1, 0.15) is 6.29 Å². The summed E-state index contributed by atoms with van der Waals surface area (Å²) in [6.07, 6.45) is 0.770. The number of carbonyl (C=O) groups is 1. The molecule has 0 bridgehead atoms. The summed E-state index contributed by atoms with van der Waals surface area (Å²) in [7, 11) is 0. The maximum Gasteiger partial charge on any atom is 0.150 e. The Morgan fingerprint density at radius 2 is 1.90 bits per heavy atom. The zero-order chi connectivity index (χ0) is 7.40. The van der Waals surface area contributed by atoms with Gasteiger partial charge in [0.25, 0.3) is 0 Å². The van der Waals surface area contributed by atoms with Crippen LogP contribution in [0.15, 0.2) is 29.2 Å². The lowest BCUT2D eigenvalue weighted by Crippen LogP contribution is -1.77. The largest absolute Gasteiger partial charge is 0.325 e. The van der Waals surface area contributed by atoms with Gasteiger partial charge in [0.2, 0.25) is 0 Å². The fraction of sp³-hybridized carbons (Fsp3) is 0. The average molecular weight is 154 g/mol. The third-order valence-electron chi connectivity index (χ3n) is 1.12. The van der Waals surface area contributed by atoms with Crippen LogP contribution in [-0.2, 0) is 0 Å². The van der Waals surface area contributed by atoms with Crippen molar-refractivity contribution in [2.75, 3.05) is 0 Å². The quantitative estimate of drug-likeness (QED) is 0.523.